The predicted molar refractivity (Wildman–Crippen MR) is 93.4 cm³/mol. The highest BCUT2D eigenvalue weighted by molar-refractivity contribution is 9.11. The lowest BCUT2D eigenvalue weighted by molar-refractivity contribution is -0.123. The van der Waals surface area contributed by atoms with E-state index in [0.717, 1.165) is 0 Å². The van der Waals surface area contributed by atoms with Crippen LogP contribution in [0.3, 0.4) is 0 Å². The molecule has 0 aromatic heterocycles. The van der Waals surface area contributed by atoms with E-state index in [2.05, 4.69) is 42.5 Å². The van der Waals surface area contributed by atoms with Gasteiger partial charge in [0.25, 0.3) is 17.7 Å². The number of carbonyl (C=O) groups excluding carboxylic acids is 3. The Balaban J connectivity index is 2.32. The van der Waals surface area contributed by atoms with Crippen molar-refractivity contribution in [1.29, 1.82) is 0 Å². The Morgan fingerprint density at radius 1 is 1.22 bits per heavy atom. The number of halogens is 2. The average molecular weight is 463 g/mol. The van der Waals surface area contributed by atoms with Crippen LogP contribution in [-0.4, -0.2) is 29.4 Å². The van der Waals surface area contributed by atoms with Gasteiger partial charge in [-0.2, -0.15) is 0 Å². The fourth-order valence-corrected chi connectivity index (χ4v) is 3.35. The first-order valence-corrected chi connectivity index (χ1v) is 8.06. The second kappa shape index (κ2) is 7.20. The highest BCUT2D eigenvalue weighted by Crippen LogP contribution is 2.35. The zero-order valence-electron chi connectivity index (χ0n) is 11.3. The van der Waals surface area contributed by atoms with Crippen LogP contribution in [0.4, 0.5) is 0 Å². The SMILES string of the molecule is NC(=O)COc1c(Br)cc(C=C2C(=O)NC(=S)NC2=O)cc1Br. The molecule has 0 spiro atoms. The van der Waals surface area contributed by atoms with Gasteiger partial charge in [-0.3, -0.25) is 25.0 Å². The van der Waals surface area contributed by atoms with E-state index in [1.165, 1.54) is 6.08 Å². The Labute approximate surface area is 152 Å². The summed E-state index contributed by atoms with van der Waals surface area (Å²) in [7, 11) is 0. The summed E-state index contributed by atoms with van der Waals surface area (Å²) in [5.41, 5.74) is 5.51. The first kappa shape index (κ1) is 17.6. The Kier molecular flexibility index (Phi) is 5.50. The van der Waals surface area contributed by atoms with Crippen LogP contribution < -0.4 is 21.1 Å². The highest BCUT2D eigenvalue weighted by atomic mass is 79.9. The Morgan fingerprint density at radius 2 is 1.74 bits per heavy atom. The Hall–Kier alpha value is -1.78. The monoisotopic (exact) mass is 461 g/mol. The summed E-state index contributed by atoms with van der Waals surface area (Å²) < 4.78 is 6.31. The molecule has 0 unspecified atom stereocenters. The second-order valence-electron chi connectivity index (χ2n) is 4.36. The summed E-state index contributed by atoms with van der Waals surface area (Å²) in [5.74, 6) is -1.40. The summed E-state index contributed by atoms with van der Waals surface area (Å²) in [6, 6.07) is 3.25. The van der Waals surface area contributed by atoms with E-state index in [0.29, 0.717) is 20.3 Å². The van der Waals surface area contributed by atoms with Crippen molar-refractivity contribution in [2.24, 2.45) is 5.73 Å². The molecule has 120 valence electrons. The van der Waals surface area contributed by atoms with Gasteiger partial charge < -0.3 is 10.5 Å². The van der Waals surface area contributed by atoms with Gasteiger partial charge in [-0.1, -0.05) is 0 Å². The van der Waals surface area contributed by atoms with E-state index in [9.17, 15) is 14.4 Å². The van der Waals surface area contributed by atoms with Crippen LogP contribution in [0.2, 0.25) is 0 Å². The van der Waals surface area contributed by atoms with Crippen LogP contribution >= 0.6 is 44.1 Å². The number of hydrogen-bond acceptors (Lipinski definition) is 5. The Bertz CT molecular complexity index is 719. The average Bonchev–Trinajstić information content (AvgIpc) is 2.41. The van der Waals surface area contributed by atoms with Crippen molar-refractivity contribution >= 4 is 73.0 Å². The van der Waals surface area contributed by atoms with Gasteiger partial charge >= 0.3 is 0 Å². The smallest absolute Gasteiger partial charge is 0.263 e. The maximum absolute atomic E-state index is 11.8. The quantitative estimate of drug-likeness (QED) is 0.351. The molecule has 1 saturated heterocycles. The maximum atomic E-state index is 11.8. The lowest BCUT2D eigenvalue weighted by Gasteiger charge is -2.16. The van der Waals surface area contributed by atoms with Crippen LogP contribution in [0.1, 0.15) is 5.56 Å². The van der Waals surface area contributed by atoms with Crippen LogP contribution in [0.25, 0.3) is 6.08 Å². The number of ether oxygens (including phenoxy) is 1. The number of rotatable bonds is 4. The Morgan fingerprint density at radius 3 is 2.22 bits per heavy atom. The number of thiocarbonyl (C=S) groups is 1. The lowest BCUT2D eigenvalue weighted by atomic mass is 10.1. The number of nitrogens with two attached hydrogens (primary N) is 1. The number of hydrogen-bond donors (Lipinski definition) is 3. The third kappa shape index (κ3) is 4.36. The van der Waals surface area contributed by atoms with Crippen LogP contribution in [0.5, 0.6) is 5.75 Å². The first-order chi connectivity index (χ1) is 10.8. The third-order valence-corrected chi connectivity index (χ3v) is 4.02. The van der Waals surface area contributed by atoms with Gasteiger partial charge in [0.1, 0.15) is 11.3 Å². The minimum atomic E-state index is -0.610. The summed E-state index contributed by atoms with van der Waals surface area (Å²) in [6.45, 7) is -0.278. The lowest BCUT2D eigenvalue weighted by Crippen LogP contribution is -2.51. The van der Waals surface area contributed by atoms with Gasteiger partial charge in [0.15, 0.2) is 11.7 Å². The van der Waals surface area contributed by atoms with Crippen molar-refractivity contribution < 1.29 is 19.1 Å². The summed E-state index contributed by atoms with van der Waals surface area (Å²) in [6.07, 6.45) is 1.40. The zero-order valence-corrected chi connectivity index (χ0v) is 15.3. The van der Waals surface area contributed by atoms with Crippen molar-refractivity contribution in [2.75, 3.05) is 6.61 Å². The molecule has 10 heteroatoms. The number of amides is 3. The van der Waals surface area contributed by atoms with Gasteiger partial charge in [0.05, 0.1) is 8.95 Å². The van der Waals surface area contributed by atoms with Crippen molar-refractivity contribution in [1.82, 2.24) is 10.6 Å². The van der Waals surface area contributed by atoms with Crippen molar-refractivity contribution in [3.05, 3.63) is 32.2 Å². The van der Waals surface area contributed by atoms with E-state index >= 15 is 0 Å². The molecule has 23 heavy (non-hydrogen) atoms. The van der Waals surface area contributed by atoms with Crippen molar-refractivity contribution in [3.8, 4) is 5.75 Å². The van der Waals surface area contributed by atoms with Gasteiger partial charge in [0, 0.05) is 0 Å². The molecule has 0 aliphatic carbocycles. The van der Waals surface area contributed by atoms with Crippen LogP contribution in [0.15, 0.2) is 26.7 Å². The van der Waals surface area contributed by atoms with E-state index < -0.39 is 17.7 Å². The summed E-state index contributed by atoms with van der Waals surface area (Å²) in [5, 5.41) is 4.66. The standard InChI is InChI=1S/C13H9Br2N3O4S/c14-7-2-5(3-8(15)10(7)22-4-9(16)19)1-6-11(20)17-13(23)18-12(6)21/h1-3H,4H2,(H2,16,19)(H2,17,18,20,21,23). The maximum Gasteiger partial charge on any atom is 0.263 e. The zero-order chi connectivity index (χ0) is 17.1. The van der Waals surface area contributed by atoms with E-state index in [1.807, 2.05) is 0 Å². The van der Waals surface area contributed by atoms with E-state index in [1.54, 1.807) is 12.1 Å². The number of carbonyl (C=O) groups is 3. The molecule has 1 aliphatic rings. The largest absolute Gasteiger partial charge is 0.481 e. The molecule has 1 fully saturated rings. The van der Waals surface area contributed by atoms with Crippen molar-refractivity contribution in [2.45, 2.75) is 0 Å². The van der Waals surface area contributed by atoms with Crippen LogP contribution in [-0.2, 0) is 14.4 Å². The molecule has 4 N–H and O–H groups in total. The molecule has 0 saturated carbocycles. The second-order valence-corrected chi connectivity index (χ2v) is 6.48. The highest BCUT2D eigenvalue weighted by Gasteiger charge is 2.25. The van der Waals surface area contributed by atoms with E-state index in [-0.39, 0.29) is 17.3 Å². The number of primary amides is 1. The minimum absolute atomic E-state index is 0.0327. The summed E-state index contributed by atoms with van der Waals surface area (Å²) in [4.78, 5) is 34.4. The fraction of sp³-hybridized carbons (Fsp3) is 0.0769. The normalized spacial score (nSPS) is 14.2. The molecule has 0 bridgehead atoms. The molecular formula is C13H9Br2N3O4S. The number of nitrogens with one attached hydrogen (secondary N) is 2. The third-order valence-electron chi connectivity index (χ3n) is 2.63. The van der Waals surface area contributed by atoms with Gasteiger partial charge in [-0.15, -0.1) is 0 Å². The van der Waals surface area contributed by atoms with Crippen molar-refractivity contribution in [3.63, 3.8) is 0 Å². The van der Waals surface area contributed by atoms with Gasteiger partial charge in [-0.05, 0) is 67.8 Å². The van der Waals surface area contributed by atoms with Gasteiger partial charge in [0.2, 0.25) is 0 Å². The molecule has 7 nitrogen and oxygen atoms in total. The fourth-order valence-electron chi connectivity index (χ4n) is 1.72. The molecular weight excluding hydrogens is 454 g/mol. The summed E-state index contributed by atoms with van der Waals surface area (Å²) >= 11 is 11.3. The molecule has 0 atom stereocenters. The molecule has 1 aliphatic heterocycles. The molecule has 2 rings (SSSR count). The molecule has 1 aromatic carbocycles. The van der Waals surface area contributed by atoms with Gasteiger partial charge in [-0.25, -0.2) is 0 Å². The van der Waals surface area contributed by atoms with E-state index in [4.69, 9.17) is 22.7 Å². The number of benzene rings is 1. The topological polar surface area (TPSA) is 111 Å². The molecule has 3 amide bonds. The minimum Gasteiger partial charge on any atom is -0.481 e. The molecule has 0 radical (unpaired) electrons. The first-order valence-electron chi connectivity index (χ1n) is 6.06. The van der Waals surface area contributed by atoms with Crippen LogP contribution in [0, 0.1) is 0 Å². The molecule has 1 aromatic rings. The predicted octanol–water partition coefficient (Wildman–Crippen LogP) is 0.990. The molecule has 1 heterocycles.